The topological polar surface area (TPSA) is 93.9 Å². The molecule has 0 radical (unpaired) electrons. The van der Waals surface area contributed by atoms with Gasteiger partial charge in [0.05, 0.1) is 19.9 Å². The minimum Gasteiger partial charge on any atom is -0.493 e. The molecule has 0 saturated carbocycles. The smallest absolute Gasteiger partial charge is 0.254 e. The molecule has 1 aliphatic heterocycles. The maximum Gasteiger partial charge on any atom is 0.254 e. The highest BCUT2D eigenvalue weighted by Gasteiger charge is 2.28. The lowest BCUT2D eigenvalue weighted by molar-refractivity contribution is -0.114. The van der Waals surface area contributed by atoms with Crippen LogP contribution in [-0.2, 0) is 4.79 Å². The van der Waals surface area contributed by atoms with Gasteiger partial charge < -0.3 is 25.4 Å². The number of nitrogens with zero attached hydrogens (tertiary/aromatic N) is 1. The van der Waals surface area contributed by atoms with Gasteiger partial charge in [0, 0.05) is 31.6 Å². The number of hydrogen-bond donors (Lipinski definition) is 2. The summed E-state index contributed by atoms with van der Waals surface area (Å²) in [6.07, 6.45) is 2.96. The van der Waals surface area contributed by atoms with Crippen LogP contribution in [0, 0.1) is 0 Å². The van der Waals surface area contributed by atoms with Gasteiger partial charge in [0.25, 0.3) is 5.91 Å². The minimum absolute atomic E-state index is 0.0450. The van der Waals surface area contributed by atoms with Crippen LogP contribution in [0.5, 0.6) is 11.5 Å². The maximum absolute atomic E-state index is 12.9. The average Bonchev–Trinajstić information content (AvgIpc) is 2.59. The standard InChI is InChI=1S/C17H25N3O4/c1-11(21)19-14-8-12(9-15(23-2)16(14)24-3)17(22)20-7-5-4-6-13(20)10-18/h8-9,13H,4-7,10,18H2,1-3H3,(H,19,21). The quantitative estimate of drug-likeness (QED) is 0.853. The van der Waals surface area contributed by atoms with Crippen LogP contribution in [0.1, 0.15) is 36.5 Å². The Labute approximate surface area is 142 Å². The number of carbonyl (C=O) groups is 2. The van der Waals surface area contributed by atoms with E-state index in [-0.39, 0.29) is 17.9 Å². The summed E-state index contributed by atoms with van der Waals surface area (Å²) in [5.41, 5.74) is 6.66. The normalized spacial score (nSPS) is 17.3. The van der Waals surface area contributed by atoms with E-state index in [0.29, 0.717) is 35.8 Å². The van der Waals surface area contributed by atoms with Crippen LogP contribution < -0.4 is 20.5 Å². The third-order valence-electron chi connectivity index (χ3n) is 4.20. The van der Waals surface area contributed by atoms with Gasteiger partial charge in [-0.3, -0.25) is 9.59 Å². The molecule has 0 aromatic heterocycles. The van der Waals surface area contributed by atoms with Gasteiger partial charge in [-0.1, -0.05) is 0 Å². The molecule has 0 spiro atoms. The number of nitrogens with two attached hydrogens (primary N) is 1. The first-order valence-electron chi connectivity index (χ1n) is 8.06. The third-order valence-corrected chi connectivity index (χ3v) is 4.20. The van der Waals surface area contributed by atoms with Crippen LogP contribution in [0.3, 0.4) is 0 Å². The number of anilines is 1. The lowest BCUT2D eigenvalue weighted by Gasteiger charge is -2.35. The van der Waals surface area contributed by atoms with Crippen molar-refractivity contribution in [2.45, 2.75) is 32.2 Å². The van der Waals surface area contributed by atoms with Gasteiger partial charge in [-0.2, -0.15) is 0 Å². The van der Waals surface area contributed by atoms with Crippen LogP contribution in [0.2, 0.25) is 0 Å². The van der Waals surface area contributed by atoms with Crippen LogP contribution >= 0.6 is 0 Å². The predicted octanol–water partition coefficient (Wildman–Crippen LogP) is 1.62. The van der Waals surface area contributed by atoms with Crippen molar-refractivity contribution in [2.75, 3.05) is 32.6 Å². The molecule has 1 fully saturated rings. The van der Waals surface area contributed by atoms with Crippen molar-refractivity contribution in [3.63, 3.8) is 0 Å². The Morgan fingerprint density at radius 2 is 2.04 bits per heavy atom. The molecular weight excluding hydrogens is 310 g/mol. The summed E-state index contributed by atoms with van der Waals surface area (Å²) in [5.74, 6) is 0.419. The molecule has 2 rings (SSSR count). The van der Waals surface area contributed by atoms with Crippen molar-refractivity contribution in [1.29, 1.82) is 0 Å². The number of methoxy groups -OCH3 is 2. The molecule has 3 N–H and O–H groups in total. The summed E-state index contributed by atoms with van der Waals surface area (Å²) in [5, 5.41) is 2.68. The fourth-order valence-electron chi connectivity index (χ4n) is 3.05. The fraction of sp³-hybridized carbons (Fsp3) is 0.529. The summed E-state index contributed by atoms with van der Waals surface area (Å²) < 4.78 is 10.6. The number of carbonyl (C=O) groups excluding carboxylic acids is 2. The van der Waals surface area contributed by atoms with E-state index in [4.69, 9.17) is 15.2 Å². The second kappa shape index (κ2) is 8.01. The molecule has 7 heteroatoms. The molecule has 1 aromatic rings. The van der Waals surface area contributed by atoms with Gasteiger partial charge in [-0.05, 0) is 31.4 Å². The molecule has 7 nitrogen and oxygen atoms in total. The molecule has 1 unspecified atom stereocenters. The SMILES string of the molecule is COc1cc(C(=O)N2CCCCC2CN)cc(NC(C)=O)c1OC. The fourth-order valence-corrected chi connectivity index (χ4v) is 3.05. The van der Waals surface area contributed by atoms with E-state index in [9.17, 15) is 9.59 Å². The number of likely N-dealkylation sites (tertiary alicyclic amines) is 1. The Morgan fingerprint density at radius 3 is 2.62 bits per heavy atom. The van der Waals surface area contributed by atoms with Gasteiger partial charge >= 0.3 is 0 Å². The molecule has 0 aliphatic carbocycles. The number of piperidine rings is 1. The van der Waals surface area contributed by atoms with Gasteiger partial charge in [-0.15, -0.1) is 0 Å². The van der Waals surface area contributed by atoms with Crippen LogP contribution in [0.15, 0.2) is 12.1 Å². The van der Waals surface area contributed by atoms with E-state index in [0.717, 1.165) is 19.3 Å². The average molecular weight is 335 g/mol. The first-order valence-corrected chi connectivity index (χ1v) is 8.06. The van der Waals surface area contributed by atoms with Crippen LogP contribution in [0.25, 0.3) is 0 Å². The molecule has 1 heterocycles. The Bertz CT molecular complexity index is 618. The van der Waals surface area contributed by atoms with Gasteiger partial charge in [0.2, 0.25) is 5.91 Å². The molecule has 0 bridgehead atoms. The molecule has 1 saturated heterocycles. The van der Waals surface area contributed by atoms with Crippen molar-refractivity contribution < 1.29 is 19.1 Å². The molecule has 1 aromatic carbocycles. The number of rotatable bonds is 5. The molecule has 1 atom stereocenters. The predicted molar refractivity (Wildman–Crippen MR) is 91.6 cm³/mol. The monoisotopic (exact) mass is 335 g/mol. The number of hydrogen-bond acceptors (Lipinski definition) is 5. The highest BCUT2D eigenvalue weighted by molar-refractivity contribution is 5.99. The van der Waals surface area contributed by atoms with E-state index < -0.39 is 0 Å². The van der Waals surface area contributed by atoms with Crippen LogP contribution in [-0.4, -0.2) is 50.1 Å². The minimum atomic E-state index is -0.252. The van der Waals surface area contributed by atoms with E-state index in [2.05, 4.69) is 5.32 Å². The summed E-state index contributed by atoms with van der Waals surface area (Å²) in [7, 11) is 2.98. The number of ether oxygens (including phenoxy) is 2. The molecular formula is C17H25N3O4. The Kier molecular flexibility index (Phi) is 6.03. The molecule has 2 amide bonds. The van der Waals surface area contributed by atoms with E-state index in [1.807, 2.05) is 4.90 Å². The van der Waals surface area contributed by atoms with Gasteiger partial charge in [-0.25, -0.2) is 0 Å². The number of nitrogens with one attached hydrogen (secondary N) is 1. The Morgan fingerprint density at radius 1 is 1.29 bits per heavy atom. The van der Waals surface area contributed by atoms with Crippen molar-refractivity contribution in [3.8, 4) is 11.5 Å². The van der Waals surface area contributed by atoms with Crippen molar-refractivity contribution in [3.05, 3.63) is 17.7 Å². The zero-order chi connectivity index (χ0) is 17.7. The van der Waals surface area contributed by atoms with E-state index in [1.165, 1.54) is 21.1 Å². The summed E-state index contributed by atoms with van der Waals surface area (Å²) in [6.45, 7) is 2.53. The van der Waals surface area contributed by atoms with E-state index in [1.54, 1.807) is 12.1 Å². The third kappa shape index (κ3) is 3.79. The number of benzene rings is 1. The summed E-state index contributed by atoms with van der Waals surface area (Å²) in [6, 6.07) is 3.30. The zero-order valence-electron chi connectivity index (χ0n) is 14.4. The van der Waals surface area contributed by atoms with Crippen molar-refractivity contribution in [1.82, 2.24) is 4.90 Å². The summed E-state index contributed by atoms with van der Waals surface area (Å²) >= 11 is 0. The lowest BCUT2D eigenvalue weighted by atomic mass is 10.0. The maximum atomic E-state index is 12.9. The zero-order valence-corrected chi connectivity index (χ0v) is 14.4. The molecule has 1 aliphatic rings. The van der Waals surface area contributed by atoms with Crippen molar-refractivity contribution >= 4 is 17.5 Å². The second-order valence-electron chi connectivity index (χ2n) is 5.82. The Balaban J connectivity index is 2.41. The summed E-state index contributed by atoms with van der Waals surface area (Å²) in [4.78, 5) is 26.2. The largest absolute Gasteiger partial charge is 0.493 e. The lowest BCUT2D eigenvalue weighted by Crippen LogP contribution is -2.47. The highest BCUT2D eigenvalue weighted by Crippen LogP contribution is 2.37. The van der Waals surface area contributed by atoms with Gasteiger partial charge in [0.1, 0.15) is 0 Å². The highest BCUT2D eigenvalue weighted by atomic mass is 16.5. The molecule has 24 heavy (non-hydrogen) atoms. The van der Waals surface area contributed by atoms with Gasteiger partial charge in [0.15, 0.2) is 11.5 Å². The number of amides is 2. The first-order chi connectivity index (χ1) is 11.5. The first kappa shape index (κ1) is 18.1. The Hall–Kier alpha value is -2.28. The van der Waals surface area contributed by atoms with Crippen LogP contribution in [0.4, 0.5) is 5.69 Å². The van der Waals surface area contributed by atoms with E-state index >= 15 is 0 Å². The molecule has 132 valence electrons. The van der Waals surface area contributed by atoms with Crippen molar-refractivity contribution in [2.24, 2.45) is 5.73 Å². The second-order valence-corrected chi connectivity index (χ2v) is 5.82.